The molecule has 0 amide bonds. The van der Waals surface area contributed by atoms with Crippen molar-refractivity contribution in [3.05, 3.63) is 95.1 Å². The first-order valence-corrected chi connectivity index (χ1v) is 20.2. The number of hydrogen-bond acceptors (Lipinski definition) is 3. The highest BCUT2D eigenvalue weighted by atomic mass is 16.3. The quantitative estimate of drug-likeness (QED) is 0.209. The van der Waals surface area contributed by atoms with Crippen molar-refractivity contribution in [2.75, 3.05) is 0 Å². The van der Waals surface area contributed by atoms with Gasteiger partial charge in [0.25, 0.3) is 0 Å². The Hall–Kier alpha value is -2.78. The second-order valence-corrected chi connectivity index (χ2v) is 16.9. The van der Waals surface area contributed by atoms with Crippen molar-refractivity contribution in [2.24, 2.45) is 35.0 Å². The minimum Gasteiger partial charge on any atom is -0.508 e. The monoisotopic (exact) mass is 683 g/mol. The smallest absolute Gasteiger partial charge is 0.115 e. The molecule has 3 unspecified atom stereocenters. The molecular weight excluding hydrogens is 613 g/mol. The summed E-state index contributed by atoms with van der Waals surface area (Å²) in [5.41, 5.74) is 7.27. The maximum absolute atomic E-state index is 10.0. The van der Waals surface area contributed by atoms with Crippen LogP contribution in [0.5, 0.6) is 11.5 Å². The third-order valence-corrected chi connectivity index (χ3v) is 13.2. The van der Waals surface area contributed by atoms with E-state index in [1.54, 1.807) is 29.8 Å². The second-order valence-electron chi connectivity index (χ2n) is 16.9. The Kier molecular flexibility index (Phi) is 14.9. The lowest BCUT2D eigenvalue weighted by Gasteiger charge is -2.44. The van der Waals surface area contributed by atoms with E-state index >= 15 is 0 Å². The second kappa shape index (κ2) is 18.6. The van der Waals surface area contributed by atoms with Crippen LogP contribution in [0.3, 0.4) is 0 Å². The topological polar surface area (TPSA) is 60.7 Å². The van der Waals surface area contributed by atoms with Gasteiger partial charge in [0.05, 0.1) is 6.10 Å². The Balaban J connectivity index is 0.000000232. The van der Waals surface area contributed by atoms with Crippen LogP contribution >= 0.6 is 0 Å². The van der Waals surface area contributed by atoms with Crippen molar-refractivity contribution in [1.29, 1.82) is 0 Å². The molecule has 3 nitrogen and oxygen atoms in total. The first kappa shape index (κ1) is 40.0. The zero-order chi connectivity index (χ0) is 36.4. The number of aliphatic hydroxyl groups is 1. The SMILES string of the molecule is C=C1CC[C@H](O)C/C1=C/C=C1\CCC[C@]2(C)[C@@H]([C@H](C)CCCC(C)C)CC[C@@H]12.CCC(c1ccc(O)cc1)C(CC)C(C)c1ccc(O)cc1. The van der Waals surface area contributed by atoms with E-state index < -0.39 is 0 Å². The summed E-state index contributed by atoms with van der Waals surface area (Å²) in [6.45, 7) is 20.8. The summed E-state index contributed by atoms with van der Waals surface area (Å²) in [4.78, 5) is 0. The summed E-state index contributed by atoms with van der Waals surface area (Å²) in [5.74, 6) is 5.42. The minimum atomic E-state index is -0.172. The fourth-order valence-electron chi connectivity index (χ4n) is 10.2. The molecule has 2 aromatic carbocycles. The maximum atomic E-state index is 10.0. The maximum Gasteiger partial charge on any atom is 0.115 e. The van der Waals surface area contributed by atoms with Gasteiger partial charge in [0.1, 0.15) is 11.5 Å². The van der Waals surface area contributed by atoms with Crippen LogP contribution in [-0.2, 0) is 0 Å². The third kappa shape index (κ3) is 10.2. The molecule has 3 aliphatic carbocycles. The highest BCUT2D eigenvalue weighted by Gasteiger charge is 2.50. The van der Waals surface area contributed by atoms with Gasteiger partial charge in [0, 0.05) is 0 Å². The minimum absolute atomic E-state index is 0.172. The van der Waals surface area contributed by atoms with Crippen molar-refractivity contribution in [1.82, 2.24) is 0 Å². The van der Waals surface area contributed by atoms with Gasteiger partial charge >= 0.3 is 0 Å². The van der Waals surface area contributed by atoms with Crippen molar-refractivity contribution < 1.29 is 15.3 Å². The molecule has 2 aromatic rings. The molecule has 0 bridgehead atoms. The highest BCUT2D eigenvalue weighted by Crippen LogP contribution is 2.60. The van der Waals surface area contributed by atoms with Gasteiger partial charge in [0.15, 0.2) is 0 Å². The van der Waals surface area contributed by atoms with Crippen molar-refractivity contribution >= 4 is 0 Å². The van der Waals surface area contributed by atoms with Crippen molar-refractivity contribution in [3.63, 3.8) is 0 Å². The standard InChI is InChI=1S/C27H44O.C20H26O2/c1-19(2)8-6-9-21(4)25-15-16-26-22(10-7-17-27(25,26)5)12-13-23-18-24(28)14-11-20(23)3;1-4-19(14(3)15-6-10-17(21)11-7-15)20(5-2)16-8-12-18(22)13-9-16/h12-13,19,21,24-26,28H,3,6-11,14-18H2,1-2,4-5H3;6-14,19-22H,4-5H2,1-3H3/b22-12+,23-13-;/t21-,24+,25-,26+,27-;/m1./s1. The molecule has 0 radical (unpaired) electrons. The number of hydrogen-bond donors (Lipinski definition) is 3. The van der Waals surface area contributed by atoms with Gasteiger partial charge in [0.2, 0.25) is 0 Å². The van der Waals surface area contributed by atoms with E-state index in [0.717, 1.165) is 55.8 Å². The van der Waals surface area contributed by atoms with Crippen molar-refractivity contribution in [3.8, 4) is 11.5 Å². The van der Waals surface area contributed by atoms with Gasteiger partial charge in [-0.2, -0.15) is 0 Å². The molecule has 50 heavy (non-hydrogen) atoms. The summed E-state index contributed by atoms with van der Waals surface area (Å²) in [6, 6.07) is 15.2. The molecule has 3 saturated carbocycles. The number of aromatic hydroxyl groups is 2. The summed E-state index contributed by atoms with van der Waals surface area (Å²) < 4.78 is 0. The number of fused-ring (bicyclic) bond motifs is 1. The van der Waals surface area contributed by atoms with Crippen LogP contribution in [-0.4, -0.2) is 21.4 Å². The molecule has 5 rings (SSSR count). The average Bonchev–Trinajstić information content (AvgIpc) is 3.46. The summed E-state index contributed by atoms with van der Waals surface area (Å²) in [5, 5.41) is 29.0. The molecule has 3 N–H and O–H groups in total. The number of aliphatic hydroxyl groups excluding tert-OH is 1. The summed E-state index contributed by atoms with van der Waals surface area (Å²) in [6.07, 6.45) is 20.4. The van der Waals surface area contributed by atoms with Crippen LogP contribution in [0.4, 0.5) is 0 Å². The molecule has 3 fully saturated rings. The van der Waals surface area contributed by atoms with Gasteiger partial charge in [-0.05, 0) is 146 Å². The number of allylic oxidation sites excluding steroid dienone is 4. The molecule has 3 aliphatic rings. The van der Waals surface area contributed by atoms with Gasteiger partial charge in [-0.1, -0.05) is 128 Å². The molecule has 0 spiro atoms. The van der Waals surface area contributed by atoms with Gasteiger partial charge in [-0.3, -0.25) is 0 Å². The zero-order valence-electron chi connectivity index (χ0n) is 32.6. The molecule has 8 atom stereocenters. The van der Waals surface area contributed by atoms with Gasteiger partial charge in [-0.15, -0.1) is 0 Å². The number of phenolic OH excluding ortho intramolecular Hbond substituents is 2. The predicted molar refractivity (Wildman–Crippen MR) is 213 cm³/mol. The van der Waals surface area contributed by atoms with Gasteiger partial charge < -0.3 is 15.3 Å². The lowest BCUT2D eigenvalue weighted by atomic mass is 9.60. The normalized spacial score (nSPS) is 27.8. The highest BCUT2D eigenvalue weighted by molar-refractivity contribution is 5.36. The van der Waals surface area contributed by atoms with E-state index in [2.05, 4.69) is 67.2 Å². The zero-order valence-corrected chi connectivity index (χ0v) is 32.6. The Morgan fingerprint density at radius 2 is 1.46 bits per heavy atom. The van der Waals surface area contributed by atoms with E-state index in [1.165, 1.54) is 73.6 Å². The van der Waals surface area contributed by atoms with E-state index in [1.807, 2.05) is 24.3 Å². The van der Waals surface area contributed by atoms with Crippen molar-refractivity contribution in [2.45, 2.75) is 150 Å². The molecule has 3 heteroatoms. The van der Waals surface area contributed by atoms with Crippen LogP contribution in [0.25, 0.3) is 0 Å². The molecule has 0 aromatic heterocycles. The van der Waals surface area contributed by atoms with Crippen LogP contribution in [0, 0.1) is 35.0 Å². The average molecular weight is 683 g/mol. The Bertz CT molecular complexity index is 1400. The lowest BCUT2D eigenvalue weighted by Crippen LogP contribution is -2.36. The molecular formula is C47H70O3. The Labute approximate surface area is 306 Å². The predicted octanol–water partition coefficient (Wildman–Crippen LogP) is 13.0. The largest absolute Gasteiger partial charge is 0.508 e. The third-order valence-electron chi connectivity index (χ3n) is 13.2. The Morgan fingerprint density at radius 3 is 2.06 bits per heavy atom. The first-order valence-electron chi connectivity index (χ1n) is 20.2. The van der Waals surface area contributed by atoms with Crippen LogP contribution in [0.1, 0.15) is 155 Å². The van der Waals surface area contributed by atoms with Crippen LogP contribution in [0.2, 0.25) is 0 Å². The van der Waals surface area contributed by atoms with E-state index in [-0.39, 0.29) is 6.10 Å². The first-order chi connectivity index (χ1) is 23.9. The molecule has 276 valence electrons. The fraction of sp³-hybridized carbons (Fsp3) is 0.617. The van der Waals surface area contributed by atoms with Gasteiger partial charge in [-0.25, -0.2) is 0 Å². The van der Waals surface area contributed by atoms with E-state index in [0.29, 0.717) is 34.7 Å². The number of rotatable bonds is 12. The Morgan fingerprint density at radius 1 is 0.820 bits per heavy atom. The fourth-order valence-corrected chi connectivity index (χ4v) is 10.2. The molecule has 0 saturated heterocycles. The summed E-state index contributed by atoms with van der Waals surface area (Å²) >= 11 is 0. The number of phenols is 2. The van der Waals surface area contributed by atoms with E-state index in [4.69, 9.17) is 0 Å². The lowest BCUT2D eigenvalue weighted by molar-refractivity contribution is 0.0928. The number of benzene rings is 2. The molecule has 0 aliphatic heterocycles. The summed E-state index contributed by atoms with van der Waals surface area (Å²) in [7, 11) is 0. The van der Waals surface area contributed by atoms with Crippen LogP contribution < -0.4 is 0 Å². The van der Waals surface area contributed by atoms with E-state index in [9.17, 15) is 15.3 Å². The van der Waals surface area contributed by atoms with Crippen LogP contribution in [0.15, 0.2) is 84.0 Å². The molecule has 0 heterocycles.